The fourth-order valence-corrected chi connectivity index (χ4v) is 4.37. The summed E-state index contributed by atoms with van der Waals surface area (Å²) in [5, 5.41) is 12.7. The molecule has 6 nitrogen and oxygen atoms in total. The van der Waals surface area contributed by atoms with E-state index in [1.807, 2.05) is 48.5 Å². The molecule has 2 aromatic carbocycles. The number of hydrogen-bond donors (Lipinski definition) is 1. The van der Waals surface area contributed by atoms with Crippen LogP contribution in [0.3, 0.4) is 0 Å². The Balaban J connectivity index is 1.40. The Morgan fingerprint density at radius 1 is 0.900 bits per heavy atom. The zero-order valence-corrected chi connectivity index (χ0v) is 17.9. The zero-order chi connectivity index (χ0) is 20.6. The number of amides is 1. The Kier molecular flexibility index (Phi) is 7.16. The number of thioether (sulfide) groups is 1. The molecule has 0 atom stereocenters. The van der Waals surface area contributed by atoms with Gasteiger partial charge in [0.25, 0.3) is 0 Å². The molecule has 7 heteroatoms. The third kappa shape index (κ3) is 5.70. The summed E-state index contributed by atoms with van der Waals surface area (Å²) >= 11 is 1.45. The summed E-state index contributed by atoms with van der Waals surface area (Å²) in [5.41, 5.74) is 2.30. The summed E-state index contributed by atoms with van der Waals surface area (Å²) in [6.07, 6.45) is 2.49. The lowest BCUT2D eigenvalue weighted by Crippen LogP contribution is -2.25. The monoisotopic (exact) mass is 421 g/mol. The smallest absolute Gasteiger partial charge is 0.230 e. The second-order valence-corrected chi connectivity index (χ2v) is 8.45. The van der Waals surface area contributed by atoms with Crippen molar-refractivity contribution in [1.29, 1.82) is 0 Å². The maximum atomic E-state index is 12.3. The third-order valence-electron chi connectivity index (χ3n) is 5.21. The number of aromatic nitrogens is 3. The molecule has 3 aromatic rings. The molecule has 1 aromatic heterocycles. The van der Waals surface area contributed by atoms with Crippen LogP contribution in [0.1, 0.15) is 29.8 Å². The van der Waals surface area contributed by atoms with Crippen molar-refractivity contribution in [1.82, 2.24) is 25.0 Å². The van der Waals surface area contributed by atoms with Crippen molar-refractivity contribution < 1.29 is 4.79 Å². The number of hydrogen-bond acceptors (Lipinski definition) is 5. The van der Waals surface area contributed by atoms with Gasteiger partial charge in [-0.1, -0.05) is 72.4 Å². The van der Waals surface area contributed by atoms with Crippen LogP contribution in [0.25, 0.3) is 0 Å². The number of rotatable bonds is 9. The number of benzene rings is 2. The predicted molar refractivity (Wildman–Crippen MR) is 119 cm³/mol. The second kappa shape index (κ2) is 10.4. The number of nitrogens with zero attached hydrogens (tertiary/aromatic N) is 4. The molecule has 30 heavy (non-hydrogen) atoms. The number of likely N-dealkylation sites (tertiary alicyclic amines) is 1. The van der Waals surface area contributed by atoms with Gasteiger partial charge < -0.3 is 9.88 Å². The minimum absolute atomic E-state index is 0.000734. The van der Waals surface area contributed by atoms with Gasteiger partial charge in [0.05, 0.1) is 18.8 Å². The van der Waals surface area contributed by atoms with Crippen LogP contribution in [-0.2, 0) is 24.4 Å². The van der Waals surface area contributed by atoms with Crippen LogP contribution in [-0.4, -0.2) is 44.4 Å². The number of carbonyl (C=O) groups excluding carboxylic acids is 1. The van der Waals surface area contributed by atoms with Gasteiger partial charge in [-0.2, -0.15) is 0 Å². The van der Waals surface area contributed by atoms with Gasteiger partial charge >= 0.3 is 0 Å². The third-order valence-corrected chi connectivity index (χ3v) is 6.17. The lowest BCUT2D eigenvalue weighted by molar-refractivity contribution is -0.118. The topological polar surface area (TPSA) is 63.1 Å². The molecule has 1 N–H and O–H groups in total. The highest BCUT2D eigenvalue weighted by molar-refractivity contribution is 7.99. The average Bonchev–Trinajstić information content (AvgIpc) is 3.43. The maximum absolute atomic E-state index is 12.3. The molecule has 0 saturated carbocycles. The van der Waals surface area contributed by atoms with E-state index in [2.05, 4.69) is 37.1 Å². The minimum atomic E-state index is -0.000734. The zero-order valence-electron chi connectivity index (χ0n) is 17.0. The Hall–Kier alpha value is -2.64. The minimum Gasteiger partial charge on any atom is -0.351 e. The lowest BCUT2D eigenvalue weighted by atomic mass is 10.2. The van der Waals surface area contributed by atoms with E-state index in [4.69, 9.17) is 0 Å². The van der Waals surface area contributed by atoms with Crippen molar-refractivity contribution >= 4 is 17.7 Å². The molecule has 1 aliphatic heterocycles. The summed E-state index contributed by atoms with van der Waals surface area (Å²) in [4.78, 5) is 14.8. The first-order valence-electron chi connectivity index (χ1n) is 10.4. The molecule has 4 rings (SSSR count). The molecule has 0 bridgehead atoms. The SMILES string of the molecule is O=C(CSc1nnc(CN2CCCC2)n1Cc1ccccc1)NCc1ccccc1. The fraction of sp³-hybridized carbons (Fsp3) is 0.348. The first kappa shape index (κ1) is 20.6. The number of carbonyl (C=O) groups is 1. The molecule has 1 fully saturated rings. The van der Waals surface area contributed by atoms with E-state index >= 15 is 0 Å². The Morgan fingerprint density at radius 2 is 1.57 bits per heavy atom. The van der Waals surface area contributed by atoms with E-state index in [-0.39, 0.29) is 5.91 Å². The molecular weight excluding hydrogens is 394 g/mol. The van der Waals surface area contributed by atoms with Crippen molar-refractivity contribution in [3.05, 3.63) is 77.6 Å². The van der Waals surface area contributed by atoms with E-state index in [1.54, 1.807) is 0 Å². The molecule has 1 amide bonds. The quantitative estimate of drug-likeness (QED) is 0.537. The van der Waals surface area contributed by atoms with Crippen LogP contribution in [0.4, 0.5) is 0 Å². The van der Waals surface area contributed by atoms with Gasteiger partial charge in [0.2, 0.25) is 5.91 Å². The first-order chi connectivity index (χ1) is 14.8. The highest BCUT2D eigenvalue weighted by Crippen LogP contribution is 2.21. The van der Waals surface area contributed by atoms with Gasteiger partial charge in [0.1, 0.15) is 5.82 Å². The first-order valence-corrected chi connectivity index (χ1v) is 11.4. The molecule has 156 valence electrons. The van der Waals surface area contributed by atoms with Crippen LogP contribution in [0, 0.1) is 0 Å². The molecular formula is C23H27N5OS. The normalized spacial score (nSPS) is 14.1. The molecule has 1 aliphatic rings. The molecule has 1 saturated heterocycles. The molecule has 2 heterocycles. The van der Waals surface area contributed by atoms with Crippen molar-refractivity contribution in [3.63, 3.8) is 0 Å². The Morgan fingerprint density at radius 3 is 2.27 bits per heavy atom. The van der Waals surface area contributed by atoms with Crippen molar-refractivity contribution in [2.45, 2.75) is 37.6 Å². The van der Waals surface area contributed by atoms with E-state index in [0.717, 1.165) is 36.2 Å². The van der Waals surface area contributed by atoms with Crippen molar-refractivity contribution in [2.24, 2.45) is 0 Å². The van der Waals surface area contributed by atoms with E-state index < -0.39 is 0 Å². The van der Waals surface area contributed by atoms with Crippen LogP contribution in [0.5, 0.6) is 0 Å². The van der Waals surface area contributed by atoms with Crippen LogP contribution in [0.2, 0.25) is 0 Å². The lowest BCUT2D eigenvalue weighted by Gasteiger charge is -2.16. The van der Waals surface area contributed by atoms with E-state index in [1.165, 1.54) is 30.2 Å². The Bertz CT molecular complexity index is 939. The summed E-state index contributed by atoms with van der Waals surface area (Å²) in [6.45, 7) is 4.29. The van der Waals surface area contributed by atoms with E-state index in [9.17, 15) is 4.79 Å². The van der Waals surface area contributed by atoms with E-state index in [0.29, 0.717) is 18.8 Å². The van der Waals surface area contributed by atoms with Gasteiger partial charge in [-0.05, 0) is 37.1 Å². The average molecular weight is 422 g/mol. The van der Waals surface area contributed by atoms with Gasteiger partial charge in [0.15, 0.2) is 5.16 Å². The molecule has 0 aliphatic carbocycles. The van der Waals surface area contributed by atoms with Crippen LogP contribution < -0.4 is 5.32 Å². The molecule has 0 radical (unpaired) electrons. The van der Waals surface area contributed by atoms with Gasteiger partial charge in [-0.25, -0.2) is 0 Å². The van der Waals surface area contributed by atoms with Crippen molar-refractivity contribution in [2.75, 3.05) is 18.8 Å². The predicted octanol–water partition coefficient (Wildman–Crippen LogP) is 3.33. The molecule has 0 spiro atoms. The van der Waals surface area contributed by atoms with Crippen LogP contribution in [0.15, 0.2) is 65.8 Å². The summed E-state index contributed by atoms with van der Waals surface area (Å²) < 4.78 is 2.16. The number of nitrogens with one attached hydrogen (secondary N) is 1. The summed E-state index contributed by atoms with van der Waals surface area (Å²) in [6, 6.07) is 20.3. The van der Waals surface area contributed by atoms with Gasteiger partial charge in [-0.15, -0.1) is 10.2 Å². The highest BCUT2D eigenvalue weighted by Gasteiger charge is 2.19. The largest absolute Gasteiger partial charge is 0.351 e. The summed E-state index contributed by atoms with van der Waals surface area (Å²) in [5.74, 6) is 1.29. The standard InChI is InChI=1S/C23H27N5OS/c29-22(24-15-19-9-3-1-4-10-19)18-30-23-26-25-21(17-27-13-7-8-14-27)28(23)16-20-11-5-2-6-12-20/h1-6,9-12H,7-8,13-18H2,(H,24,29). The maximum Gasteiger partial charge on any atom is 0.230 e. The summed E-state index contributed by atoms with van der Waals surface area (Å²) in [7, 11) is 0. The van der Waals surface area contributed by atoms with Crippen LogP contribution >= 0.6 is 11.8 Å². The highest BCUT2D eigenvalue weighted by atomic mass is 32.2. The fourth-order valence-electron chi connectivity index (χ4n) is 3.59. The van der Waals surface area contributed by atoms with Gasteiger partial charge in [-0.3, -0.25) is 9.69 Å². The molecule has 0 unspecified atom stereocenters. The Labute approximate surface area is 181 Å². The second-order valence-electron chi connectivity index (χ2n) is 7.50. The van der Waals surface area contributed by atoms with Crippen molar-refractivity contribution in [3.8, 4) is 0 Å². The van der Waals surface area contributed by atoms with Gasteiger partial charge in [0, 0.05) is 6.54 Å².